The standard InChI is InChI=1S/C13H16Cl2N2O/c1-17(12-5-3-2-4-10(12)15)13(18)11-7-6-9(14)8-16-11/h6-8,10,12H,2-5H2,1H3. The van der Waals surface area contributed by atoms with Gasteiger partial charge in [0.05, 0.1) is 10.4 Å². The Bertz CT molecular complexity index is 422. The van der Waals surface area contributed by atoms with Gasteiger partial charge in [0.25, 0.3) is 5.91 Å². The lowest BCUT2D eigenvalue weighted by Crippen LogP contribution is -2.44. The van der Waals surface area contributed by atoms with Crippen LogP contribution >= 0.6 is 23.2 Å². The van der Waals surface area contributed by atoms with Gasteiger partial charge in [-0.3, -0.25) is 4.79 Å². The van der Waals surface area contributed by atoms with Crippen molar-refractivity contribution in [3.05, 3.63) is 29.0 Å². The van der Waals surface area contributed by atoms with Crippen LogP contribution in [0.15, 0.2) is 18.3 Å². The first-order valence-electron chi connectivity index (χ1n) is 6.12. The van der Waals surface area contributed by atoms with Crippen molar-refractivity contribution in [1.82, 2.24) is 9.88 Å². The molecule has 2 rings (SSSR count). The van der Waals surface area contributed by atoms with Crippen LogP contribution in [0.5, 0.6) is 0 Å². The maximum Gasteiger partial charge on any atom is 0.272 e. The highest BCUT2D eigenvalue weighted by Gasteiger charge is 2.30. The lowest BCUT2D eigenvalue weighted by atomic mass is 9.94. The van der Waals surface area contributed by atoms with E-state index in [9.17, 15) is 4.79 Å². The summed E-state index contributed by atoms with van der Waals surface area (Å²) in [6, 6.07) is 3.42. The van der Waals surface area contributed by atoms with Gasteiger partial charge in [0.1, 0.15) is 5.69 Å². The number of hydrogen-bond acceptors (Lipinski definition) is 2. The van der Waals surface area contributed by atoms with Crippen molar-refractivity contribution in [2.24, 2.45) is 0 Å². The van der Waals surface area contributed by atoms with Crippen LogP contribution in [0.3, 0.4) is 0 Å². The van der Waals surface area contributed by atoms with Gasteiger partial charge in [0.2, 0.25) is 0 Å². The van der Waals surface area contributed by atoms with Crippen molar-refractivity contribution >= 4 is 29.1 Å². The van der Waals surface area contributed by atoms with Crippen LogP contribution in [0.1, 0.15) is 36.2 Å². The molecule has 0 N–H and O–H groups in total. The van der Waals surface area contributed by atoms with Crippen molar-refractivity contribution in [1.29, 1.82) is 0 Å². The van der Waals surface area contributed by atoms with Crippen molar-refractivity contribution < 1.29 is 4.79 Å². The van der Waals surface area contributed by atoms with Crippen LogP contribution in [0.4, 0.5) is 0 Å². The molecule has 2 atom stereocenters. The van der Waals surface area contributed by atoms with E-state index in [2.05, 4.69) is 4.98 Å². The molecule has 0 aromatic carbocycles. The first kappa shape index (κ1) is 13.6. The first-order valence-corrected chi connectivity index (χ1v) is 6.94. The minimum Gasteiger partial charge on any atom is -0.336 e. The van der Waals surface area contributed by atoms with E-state index in [-0.39, 0.29) is 17.3 Å². The Morgan fingerprint density at radius 2 is 2.11 bits per heavy atom. The lowest BCUT2D eigenvalue weighted by Gasteiger charge is -2.34. The molecule has 1 heterocycles. The highest BCUT2D eigenvalue weighted by Crippen LogP contribution is 2.27. The van der Waals surface area contributed by atoms with Crippen LogP contribution in [0.2, 0.25) is 5.02 Å². The summed E-state index contributed by atoms with van der Waals surface area (Å²) in [6.07, 6.45) is 5.69. The summed E-state index contributed by atoms with van der Waals surface area (Å²) in [4.78, 5) is 18.0. The molecule has 0 bridgehead atoms. The van der Waals surface area contributed by atoms with Gasteiger partial charge in [-0.05, 0) is 25.0 Å². The number of carbonyl (C=O) groups excluding carboxylic acids is 1. The van der Waals surface area contributed by atoms with Crippen molar-refractivity contribution in [3.63, 3.8) is 0 Å². The van der Waals surface area contributed by atoms with Crippen molar-refractivity contribution in [2.75, 3.05) is 7.05 Å². The largest absolute Gasteiger partial charge is 0.336 e. The molecule has 18 heavy (non-hydrogen) atoms. The predicted octanol–water partition coefficient (Wildman–Crippen LogP) is 3.36. The molecule has 1 aliphatic carbocycles. The average Bonchev–Trinajstić information content (AvgIpc) is 2.38. The molecule has 2 unspecified atom stereocenters. The van der Waals surface area contributed by atoms with E-state index in [1.54, 1.807) is 24.1 Å². The molecule has 98 valence electrons. The molecule has 1 fully saturated rings. The molecule has 1 aromatic heterocycles. The zero-order valence-electron chi connectivity index (χ0n) is 10.3. The summed E-state index contributed by atoms with van der Waals surface area (Å²) in [5, 5.41) is 0.571. The third-order valence-corrected chi connectivity index (χ3v) is 4.14. The SMILES string of the molecule is CN(C(=O)c1ccc(Cl)cn1)C1CCCCC1Cl. The number of hydrogen-bond donors (Lipinski definition) is 0. The van der Waals surface area contributed by atoms with Crippen molar-refractivity contribution in [2.45, 2.75) is 37.1 Å². The monoisotopic (exact) mass is 286 g/mol. The fourth-order valence-corrected chi connectivity index (χ4v) is 2.90. The molecular weight excluding hydrogens is 271 g/mol. The third kappa shape index (κ3) is 2.96. The molecule has 0 saturated heterocycles. The van der Waals surface area contributed by atoms with E-state index in [1.807, 2.05) is 0 Å². The summed E-state index contributed by atoms with van der Waals surface area (Å²) < 4.78 is 0. The molecule has 1 aliphatic rings. The van der Waals surface area contributed by atoms with Gasteiger partial charge in [-0.1, -0.05) is 24.4 Å². The van der Waals surface area contributed by atoms with Gasteiger partial charge in [0, 0.05) is 19.3 Å². The fraction of sp³-hybridized carbons (Fsp3) is 0.538. The van der Waals surface area contributed by atoms with E-state index in [1.165, 1.54) is 6.20 Å². The van der Waals surface area contributed by atoms with E-state index >= 15 is 0 Å². The van der Waals surface area contributed by atoms with Crippen LogP contribution in [-0.4, -0.2) is 34.3 Å². The Balaban J connectivity index is 2.10. The second-order valence-electron chi connectivity index (χ2n) is 4.65. The number of amides is 1. The lowest BCUT2D eigenvalue weighted by molar-refractivity contribution is 0.0694. The molecular formula is C13H16Cl2N2O. The third-order valence-electron chi connectivity index (χ3n) is 3.41. The predicted molar refractivity (Wildman–Crippen MR) is 73.2 cm³/mol. The quantitative estimate of drug-likeness (QED) is 0.781. The smallest absolute Gasteiger partial charge is 0.272 e. The van der Waals surface area contributed by atoms with Gasteiger partial charge in [-0.25, -0.2) is 4.98 Å². The summed E-state index contributed by atoms with van der Waals surface area (Å²) in [5.74, 6) is -0.0933. The molecule has 1 amide bonds. The number of aromatic nitrogens is 1. The number of carbonyl (C=O) groups is 1. The Morgan fingerprint density at radius 1 is 1.39 bits per heavy atom. The highest BCUT2D eigenvalue weighted by molar-refractivity contribution is 6.30. The first-order chi connectivity index (χ1) is 8.59. The van der Waals surface area contributed by atoms with Crippen LogP contribution in [0.25, 0.3) is 0 Å². The van der Waals surface area contributed by atoms with Gasteiger partial charge >= 0.3 is 0 Å². The highest BCUT2D eigenvalue weighted by atomic mass is 35.5. The van der Waals surface area contributed by atoms with Gasteiger partial charge in [-0.15, -0.1) is 11.6 Å². The van der Waals surface area contributed by atoms with Gasteiger partial charge in [-0.2, -0.15) is 0 Å². The number of halogens is 2. The molecule has 1 aromatic rings. The summed E-state index contributed by atoms with van der Waals surface area (Å²) in [5.41, 5.74) is 0.413. The molecule has 0 radical (unpaired) electrons. The molecule has 0 aliphatic heterocycles. The van der Waals surface area contributed by atoms with Crippen LogP contribution in [-0.2, 0) is 0 Å². The fourth-order valence-electron chi connectivity index (χ4n) is 2.34. The Labute approximate surface area is 117 Å². The Hall–Kier alpha value is -0.800. The second kappa shape index (κ2) is 5.89. The molecule has 5 heteroatoms. The molecule has 3 nitrogen and oxygen atoms in total. The van der Waals surface area contributed by atoms with E-state index < -0.39 is 0 Å². The summed E-state index contributed by atoms with van der Waals surface area (Å²) >= 11 is 12.1. The normalized spacial score (nSPS) is 23.7. The molecule has 1 saturated carbocycles. The van der Waals surface area contributed by atoms with Crippen LogP contribution < -0.4 is 0 Å². The maximum atomic E-state index is 12.3. The summed E-state index contributed by atoms with van der Waals surface area (Å²) in [6.45, 7) is 0. The zero-order chi connectivity index (χ0) is 13.1. The van der Waals surface area contributed by atoms with Gasteiger partial charge < -0.3 is 4.90 Å². The van der Waals surface area contributed by atoms with Crippen LogP contribution in [0, 0.1) is 0 Å². The number of alkyl halides is 1. The second-order valence-corrected chi connectivity index (χ2v) is 5.64. The van der Waals surface area contributed by atoms with E-state index in [0.29, 0.717) is 10.7 Å². The van der Waals surface area contributed by atoms with E-state index in [4.69, 9.17) is 23.2 Å². The minimum atomic E-state index is -0.0933. The van der Waals surface area contributed by atoms with Crippen molar-refractivity contribution in [3.8, 4) is 0 Å². The average molecular weight is 287 g/mol. The Morgan fingerprint density at radius 3 is 2.72 bits per heavy atom. The minimum absolute atomic E-state index is 0.0417. The summed E-state index contributed by atoms with van der Waals surface area (Å²) in [7, 11) is 1.80. The van der Waals surface area contributed by atoms with Gasteiger partial charge in [0.15, 0.2) is 0 Å². The molecule has 0 spiro atoms. The maximum absolute atomic E-state index is 12.3. The number of rotatable bonds is 2. The zero-order valence-corrected chi connectivity index (χ0v) is 11.8. The number of nitrogens with zero attached hydrogens (tertiary/aromatic N) is 2. The van der Waals surface area contributed by atoms with E-state index in [0.717, 1.165) is 25.7 Å². The topological polar surface area (TPSA) is 33.2 Å². The Kier molecular flexibility index (Phi) is 4.46. The number of pyridine rings is 1.